The van der Waals surface area contributed by atoms with Crippen LogP contribution in [0.15, 0.2) is 47.2 Å². The predicted molar refractivity (Wildman–Crippen MR) is 70.4 cm³/mol. The summed E-state index contributed by atoms with van der Waals surface area (Å²) in [4.78, 5) is 0. The van der Waals surface area contributed by atoms with Crippen molar-refractivity contribution in [1.82, 2.24) is 5.32 Å². The summed E-state index contributed by atoms with van der Waals surface area (Å²) in [6, 6.07) is 2.51. The molecule has 0 aromatic heterocycles. The maximum Gasteiger partial charge on any atom is 0.0950 e. The number of hydrogen-bond donors (Lipinski definition) is 1. The average Bonchev–Trinajstić information content (AvgIpc) is 2.74. The van der Waals surface area contributed by atoms with E-state index in [1.807, 2.05) is 12.2 Å². The van der Waals surface area contributed by atoms with Gasteiger partial charge in [-0.3, -0.25) is 0 Å². The number of halogens is 1. The van der Waals surface area contributed by atoms with Crippen LogP contribution in [0.2, 0.25) is 0 Å². The molecule has 0 aromatic carbocycles. The Hall–Kier alpha value is -1.46. The molecule has 0 amide bonds. The molecule has 0 spiro atoms. The highest BCUT2D eigenvalue weighted by Crippen LogP contribution is 2.34. The molecule has 2 aliphatic rings. The summed E-state index contributed by atoms with van der Waals surface area (Å²) in [5.74, 6) is 0.795. The number of hydrogen-bond acceptors (Lipinski definition) is 2. The number of allylic oxidation sites excluding steroid dienone is 4. The van der Waals surface area contributed by atoms with E-state index >= 15 is 0 Å². The predicted octanol–water partition coefficient (Wildman–Crippen LogP) is 3.05. The summed E-state index contributed by atoms with van der Waals surface area (Å²) in [5, 5.41) is 12.4. The number of nitriles is 1. The Morgan fingerprint density at radius 1 is 1.47 bits per heavy atom. The topological polar surface area (TPSA) is 35.8 Å². The van der Waals surface area contributed by atoms with Crippen LogP contribution in [0.5, 0.6) is 0 Å². The van der Waals surface area contributed by atoms with Crippen molar-refractivity contribution in [2.75, 3.05) is 5.88 Å². The van der Waals surface area contributed by atoms with Crippen LogP contribution in [0.25, 0.3) is 0 Å². The van der Waals surface area contributed by atoms with Gasteiger partial charge < -0.3 is 5.32 Å². The molecule has 17 heavy (non-hydrogen) atoms. The Bertz CT molecular complexity index is 463. The molecule has 2 rings (SSSR count). The zero-order valence-electron chi connectivity index (χ0n) is 9.78. The van der Waals surface area contributed by atoms with Crippen LogP contribution in [0.4, 0.5) is 0 Å². The molecule has 0 fully saturated rings. The van der Waals surface area contributed by atoms with E-state index in [1.54, 1.807) is 0 Å². The van der Waals surface area contributed by atoms with E-state index in [0.717, 1.165) is 12.0 Å². The van der Waals surface area contributed by atoms with Gasteiger partial charge in [-0.1, -0.05) is 25.2 Å². The Kier molecular flexibility index (Phi) is 3.71. The van der Waals surface area contributed by atoms with Crippen LogP contribution in [0, 0.1) is 17.2 Å². The van der Waals surface area contributed by atoms with Gasteiger partial charge in [0.2, 0.25) is 0 Å². The van der Waals surface area contributed by atoms with Gasteiger partial charge in [0.05, 0.1) is 12.1 Å². The van der Waals surface area contributed by atoms with Crippen molar-refractivity contribution in [2.45, 2.75) is 19.4 Å². The maximum absolute atomic E-state index is 9.00. The number of rotatable bonds is 3. The molecule has 1 N–H and O–H groups in total. The number of alkyl halides is 1. The lowest BCUT2D eigenvalue weighted by Gasteiger charge is -2.25. The van der Waals surface area contributed by atoms with Crippen LogP contribution in [-0.4, -0.2) is 11.9 Å². The quantitative estimate of drug-likeness (QED) is 0.614. The minimum atomic E-state index is 0.241. The van der Waals surface area contributed by atoms with Crippen molar-refractivity contribution in [3.8, 4) is 6.07 Å². The lowest BCUT2D eigenvalue weighted by Crippen LogP contribution is -2.31. The molecule has 3 heteroatoms. The molecule has 0 aromatic rings. The van der Waals surface area contributed by atoms with Gasteiger partial charge in [0, 0.05) is 23.6 Å². The monoisotopic (exact) mass is 246 g/mol. The fourth-order valence-electron chi connectivity index (χ4n) is 2.29. The van der Waals surface area contributed by atoms with E-state index in [1.165, 1.54) is 11.1 Å². The SMILES string of the molecule is CC1C(C#N)=CC=C2C(C/C=C/CCl)=CNC21. The van der Waals surface area contributed by atoms with Crippen molar-refractivity contribution in [3.63, 3.8) is 0 Å². The molecular formula is C14H15ClN2. The molecule has 2 nitrogen and oxygen atoms in total. The second kappa shape index (κ2) is 5.25. The van der Waals surface area contributed by atoms with Crippen LogP contribution in [-0.2, 0) is 0 Å². The molecule has 2 unspecified atom stereocenters. The van der Waals surface area contributed by atoms with Crippen molar-refractivity contribution in [1.29, 1.82) is 5.26 Å². The standard InChI is InChI=1S/C14H15ClN2/c1-10-11(8-16)5-6-13-12(4-2-3-7-15)9-17-14(10)13/h2-3,5-6,9-10,14,17H,4,7H2,1H3/b3-2+. The first-order valence-corrected chi connectivity index (χ1v) is 6.29. The van der Waals surface area contributed by atoms with Gasteiger partial charge in [-0.05, 0) is 23.6 Å². The van der Waals surface area contributed by atoms with E-state index in [4.69, 9.17) is 16.9 Å². The van der Waals surface area contributed by atoms with Gasteiger partial charge in [0.25, 0.3) is 0 Å². The highest BCUT2D eigenvalue weighted by atomic mass is 35.5. The van der Waals surface area contributed by atoms with E-state index in [2.05, 4.69) is 36.7 Å². The van der Waals surface area contributed by atoms with Gasteiger partial charge in [-0.2, -0.15) is 5.26 Å². The summed E-state index contributed by atoms with van der Waals surface area (Å²) >= 11 is 5.60. The fraction of sp³-hybridized carbons (Fsp3) is 0.357. The van der Waals surface area contributed by atoms with Crippen LogP contribution in [0.3, 0.4) is 0 Å². The molecule has 0 saturated heterocycles. The average molecular weight is 247 g/mol. The van der Waals surface area contributed by atoms with Crippen LogP contribution < -0.4 is 5.32 Å². The minimum Gasteiger partial charge on any atom is -0.383 e. The van der Waals surface area contributed by atoms with Gasteiger partial charge in [0.15, 0.2) is 0 Å². The van der Waals surface area contributed by atoms with Crippen molar-refractivity contribution in [3.05, 3.63) is 47.2 Å². The molecule has 0 bridgehead atoms. The van der Waals surface area contributed by atoms with E-state index in [9.17, 15) is 0 Å². The number of nitrogens with zero attached hydrogens (tertiary/aromatic N) is 1. The second-order valence-corrected chi connectivity index (χ2v) is 4.60. The van der Waals surface area contributed by atoms with Crippen LogP contribution in [0.1, 0.15) is 13.3 Å². The molecule has 1 aliphatic heterocycles. The zero-order valence-corrected chi connectivity index (χ0v) is 10.5. The third-order valence-electron chi connectivity index (χ3n) is 3.30. The van der Waals surface area contributed by atoms with Gasteiger partial charge in [-0.25, -0.2) is 0 Å². The van der Waals surface area contributed by atoms with Crippen molar-refractivity contribution >= 4 is 11.6 Å². The minimum absolute atomic E-state index is 0.241. The summed E-state index contributed by atoms with van der Waals surface area (Å²) in [7, 11) is 0. The zero-order chi connectivity index (χ0) is 12.3. The van der Waals surface area contributed by atoms with E-state index in [-0.39, 0.29) is 12.0 Å². The Morgan fingerprint density at radius 2 is 2.29 bits per heavy atom. The third kappa shape index (κ3) is 2.30. The highest BCUT2D eigenvalue weighted by Gasteiger charge is 2.31. The Labute approximate surface area is 107 Å². The summed E-state index contributed by atoms with van der Waals surface area (Å²) in [6.07, 6.45) is 11.0. The van der Waals surface area contributed by atoms with Crippen molar-refractivity contribution < 1.29 is 0 Å². The largest absolute Gasteiger partial charge is 0.383 e. The van der Waals surface area contributed by atoms with Gasteiger partial charge in [0.1, 0.15) is 0 Å². The molecular weight excluding hydrogens is 232 g/mol. The first kappa shape index (κ1) is 12.0. The molecule has 0 radical (unpaired) electrons. The third-order valence-corrected chi connectivity index (χ3v) is 3.48. The lowest BCUT2D eigenvalue weighted by molar-refractivity contribution is 0.540. The molecule has 1 heterocycles. The lowest BCUT2D eigenvalue weighted by atomic mass is 9.83. The van der Waals surface area contributed by atoms with E-state index in [0.29, 0.717) is 5.88 Å². The fourth-order valence-corrected chi connectivity index (χ4v) is 2.41. The molecule has 1 aliphatic carbocycles. The normalized spacial score (nSPS) is 26.8. The first-order valence-electron chi connectivity index (χ1n) is 5.76. The maximum atomic E-state index is 9.00. The second-order valence-electron chi connectivity index (χ2n) is 4.29. The highest BCUT2D eigenvalue weighted by molar-refractivity contribution is 6.18. The number of fused-ring (bicyclic) bond motifs is 1. The molecule has 88 valence electrons. The van der Waals surface area contributed by atoms with Gasteiger partial charge in [-0.15, -0.1) is 11.6 Å². The number of nitrogens with one attached hydrogen (secondary N) is 1. The van der Waals surface area contributed by atoms with Crippen LogP contribution >= 0.6 is 11.6 Å². The molecule has 2 atom stereocenters. The Balaban J connectivity index is 2.15. The smallest absolute Gasteiger partial charge is 0.0950 e. The van der Waals surface area contributed by atoms with Crippen molar-refractivity contribution in [2.24, 2.45) is 5.92 Å². The summed E-state index contributed by atoms with van der Waals surface area (Å²) in [5.41, 5.74) is 3.43. The first-order chi connectivity index (χ1) is 8.27. The Morgan fingerprint density at radius 3 is 3.00 bits per heavy atom. The van der Waals surface area contributed by atoms with E-state index < -0.39 is 0 Å². The molecule has 0 saturated carbocycles. The summed E-state index contributed by atoms with van der Waals surface area (Å²) in [6.45, 7) is 2.09. The summed E-state index contributed by atoms with van der Waals surface area (Å²) < 4.78 is 0. The van der Waals surface area contributed by atoms with Gasteiger partial charge >= 0.3 is 0 Å².